The van der Waals surface area contributed by atoms with Crippen molar-refractivity contribution in [2.75, 3.05) is 6.54 Å². The van der Waals surface area contributed by atoms with Crippen LogP contribution < -0.4 is 5.32 Å². The monoisotopic (exact) mass is 556 g/mol. The molecule has 0 spiro atoms. The summed E-state index contributed by atoms with van der Waals surface area (Å²) in [4.78, 5) is 0. The fraction of sp³-hybridized carbons (Fsp3) is 0.795. The summed E-state index contributed by atoms with van der Waals surface area (Å²) >= 11 is 0. The van der Waals surface area contributed by atoms with Crippen LogP contribution >= 0.6 is 0 Å². The lowest BCUT2D eigenvalue weighted by molar-refractivity contribution is 0.419. The molecule has 1 heteroatoms. The van der Waals surface area contributed by atoms with Gasteiger partial charge in [0.05, 0.1) is 0 Å². The van der Waals surface area contributed by atoms with Gasteiger partial charge in [0.1, 0.15) is 0 Å². The van der Waals surface area contributed by atoms with Crippen molar-refractivity contribution in [2.45, 2.75) is 194 Å². The maximum absolute atomic E-state index is 3.76. The fourth-order valence-electron chi connectivity index (χ4n) is 5.40. The van der Waals surface area contributed by atoms with Gasteiger partial charge in [-0.15, -0.1) is 0 Å². The normalized spacial score (nSPS) is 12.5. The first-order chi connectivity index (χ1) is 19.8. The highest BCUT2D eigenvalue weighted by molar-refractivity contribution is 4.93. The van der Waals surface area contributed by atoms with E-state index in [1.54, 1.807) is 0 Å². The molecule has 0 unspecified atom stereocenters. The Morgan fingerprint density at radius 2 is 0.700 bits per heavy atom. The molecule has 0 aromatic carbocycles. The second-order valence-corrected chi connectivity index (χ2v) is 12.0. The van der Waals surface area contributed by atoms with Gasteiger partial charge in [-0.05, 0) is 83.6 Å². The fourth-order valence-corrected chi connectivity index (χ4v) is 5.40. The average Bonchev–Trinajstić information content (AvgIpc) is 2.96. The lowest BCUT2D eigenvalue weighted by Crippen LogP contribution is -2.28. The number of unbranched alkanes of at least 4 members (excludes halogenated alkanes) is 18. The largest absolute Gasteiger partial charge is 0.314 e. The Morgan fingerprint density at radius 3 is 1.05 bits per heavy atom. The van der Waals surface area contributed by atoms with Crippen molar-refractivity contribution < 1.29 is 0 Å². The predicted octanol–water partition coefficient (Wildman–Crippen LogP) is 13.4. The van der Waals surface area contributed by atoms with Gasteiger partial charge < -0.3 is 5.32 Å². The van der Waals surface area contributed by atoms with Crippen molar-refractivity contribution in [2.24, 2.45) is 0 Å². The summed E-state index contributed by atoms with van der Waals surface area (Å²) in [7, 11) is 0. The van der Waals surface area contributed by atoms with E-state index in [0.29, 0.717) is 0 Å². The quantitative estimate of drug-likeness (QED) is 0.0643. The Kier molecular flexibility index (Phi) is 35.0. The first-order valence-corrected chi connectivity index (χ1v) is 18.2. The summed E-state index contributed by atoms with van der Waals surface area (Å²) in [5.41, 5.74) is 0. The van der Waals surface area contributed by atoms with Crippen LogP contribution in [0.15, 0.2) is 48.6 Å². The van der Waals surface area contributed by atoms with Gasteiger partial charge in [-0.2, -0.15) is 0 Å². The van der Waals surface area contributed by atoms with E-state index in [2.05, 4.69) is 74.7 Å². The van der Waals surface area contributed by atoms with Crippen LogP contribution in [0.4, 0.5) is 0 Å². The predicted molar refractivity (Wildman–Crippen MR) is 185 cm³/mol. The maximum atomic E-state index is 3.76. The van der Waals surface area contributed by atoms with Crippen LogP contribution in [0.1, 0.15) is 188 Å². The Balaban J connectivity index is 3.51. The molecular formula is C39H73N. The van der Waals surface area contributed by atoms with E-state index in [-0.39, 0.29) is 0 Å². The Hall–Kier alpha value is -1.08. The minimum atomic E-state index is 0.752. The molecule has 0 aliphatic carbocycles. The molecule has 0 aliphatic heterocycles. The summed E-state index contributed by atoms with van der Waals surface area (Å²) in [6, 6.07) is 0.752. The second kappa shape index (κ2) is 35.9. The van der Waals surface area contributed by atoms with E-state index in [1.165, 1.54) is 154 Å². The number of hydrogen-bond acceptors (Lipinski definition) is 1. The molecule has 1 nitrogen and oxygen atoms in total. The van der Waals surface area contributed by atoms with Gasteiger partial charge >= 0.3 is 0 Å². The van der Waals surface area contributed by atoms with Gasteiger partial charge in [-0.1, -0.05) is 159 Å². The molecule has 0 amide bonds. The van der Waals surface area contributed by atoms with Crippen molar-refractivity contribution in [3.8, 4) is 0 Å². The lowest BCUT2D eigenvalue weighted by atomic mass is 9.99. The van der Waals surface area contributed by atoms with Crippen LogP contribution in [0, 0.1) is 0 Å². The van der Waals surface area contributed by atoms with Crippen LogP contribution in [0.2, 0.25) is 0 Å². The second-order valence-electron chi connectivity index (χ2n) is 12.0. The molecule has 0 rings (SSSR count). The highest BCUT2D eigenvalue weighted by Gasteiger charge is 2.06. The van der Waals surface area contributed by atoms with Crippen molar-refractivity contribution >= 4 is 0 Å². The minimum Gasteiger partial charge on any atom is -0.314 e. The summed E-state index contributed by atoms with van der Waals surface area (Å²) in [6.45, 7) is 7.93. The van der Waals surface area contributed by atoms with Crippen molar-refractivity contribution in [1.82, 2.24) is 5.32 Å². The zero-order valence-electron chi connectivity index (χ0n) is 27.8. The number of nitrogens with one attached hydrogen (secondary N) is 1. The number of rotatable bonds is 32. The van der Waals surface area contributed by atoms with Crippen molar-refractivity contribution in [1.29, 1.82) is 0 Å². The Labute approximate surface area is 253 Å². The Morgan fingerprint density at radius 1 is 0.375 bits per heavy atom. The van der Waals surface area contributed by atoms with Gasteiger partial charge in [0, 0.05) is 6.04 Å². The van der Waals surface area contributed by atoms with E-state index in [1.807, 2.05) is 0 Å². The van der Waals surface area contributed by atoms with E-state index >= 15 is 0 Å². The summed E-state index contributed by atoms with van der Waals surface area (Å²) in [5.74, 6) is 0. The zero-order chi connectivity index (χ0) is 29.0. The van der Waals surface area contributed by atoms with Gasteiger partial charge in [0.2, 0.25) is 0 Å². The van der Waals surface area contributed by atoms with Crippen LogP contribution in [-0.4, -0.2) is 12.6 Å². The van der Waals surface area contributed by atoms with E-state index in [0.717, 1.165) is 25.4 Å². The van der Waals surface area contributed by atoms with Crippen molar-refractivity contribution in [3.05, 3.63) is 48.6 Å². The van der Waals surface area contributed by atoms with Gasteiger partial charge in [0.25, 0.3) is 0 Å². The van der Waals surface area contributed by atoms with Crippen LogP contribution in [0.3, 0.4) is 0 Å². The first-order valence-electron chi connectivity index (χ1n) is 18.2. The Bertz CT molecular complexity index is 521. The average molecular weight is 556 g/mol. The molecule has 40 heavy (non-hydrogen) atoms. The summed E-state index contributed by atoms with van der Waals surface area (Å²) in [6.07, 6.45) is 53.9. The zero-order valence-corrected chi connectivity index (χ0v) is 27.8. The van der Waals surface area contributed by atoms with E-state index in [4.69, 9.17) is 0 Å². The molecule has 0 saturated carbocycles. The molecule has 0 radical (unpaired) electrons. The number of allylic oxidation sites excluding steroid dienone is 8. The summed E-state index contributed by atoms with van der Waals surface area (Å²) in [5, 5.41) is 3.76. The lowest BCUT2D eigenvalue weighted by Gasteiger charge is -2.17. The third-order valence-corrected chi connectivity index (χ3v) is 8.00. The molecule has 234 valence electrons. The molecule has 0 atom stereocenters. The molecule has 0 bridgehead atoms. The molecule has 0 aromatic rings. The molecule has 0 heterocycles. The molecular weight excluding hydrogens is 482 g/mol. The van der Waals surface area contributed by atoms with Crippen LogP contribution in [0.25, 0.3) is 0 Å². The third-order valence-electron chi connectivity index (χ3n) is 8.00. The maximum Gasteiger partial charge on any atom is 0.00669 e. The van der Waals surface area contributed by atoms with Gasteiger partial charge in [-0.25, -0.2) is 0 Å². The highest BCUT2D eigenvalue weighted by Crippen LogP contribution is 2.15. The van der Waals surface area contributed by atoms with E-state index in [9.17, 15) is 0 Å². The van der Waals surface area contributed by atoms with Gasteiger partial charge in [0.15, 0.2) is 0 Å². The highest BCUT2D eigenvalue weighted by atomic mass is 14.9. The first kappa shape index (κ1) is 38.9. The van der Waals surface area contributed by atoms with Crippen LogP contribution in [-0.2, 0) is 0 Å². The van der Waals surface area contributed by atoms with Crippen LogP contribution in [0.5, 0.6) is 0 Å². The molecule has 0 aliphatic rings. The molecule has 0 fully saturated rings. The SMILES string of the molecule is CCCCC/C=C\C/C=C\CCCCCCCCC(CCCCCCCC/C=C\C/C=C\CCCCC)NCC. The van der Waals surface area contributed by atoms with E-state index < -0.39 is 0 Å². The standard InChI is InChI=1S/C39H73N/c1-4-7-9-11-13-15-17-19-21-23-25-27-29-31-33-35-37-39(40-6-3)38-36-34-32-30-28-26-24-22-20-18-16-14-12-10-8-5-2/h13-16,19-22,39-40H,4-12,17-18,23-38H2,1-3H3/b15-13-,16-14-,21-19-,22-20-. The van der Waals surface area contributed by atoms with Gasteiger partial charge in [-0.3, -0.25) is 0 Å². The third kappa shape index (κ3) is 33.1. The molecule has 0 saturated heterocycles. The number of hydrogen-bond donors (Lipinski definition) is 1. The molecule has 0 aromatic heterocycles. The smallest absolute Gasteiger partial charge is 0.00669 e. The van der Waals surface area contributed by atoms with Crippen molar-refractivity contribution in [3.63, 3.8) is 0 Å². The minimum absolute atomic E-state index is 0.752. The summed E-state index contributed by atoms with van der Waals surface area (Å²) < 4.78 is 0. The molecule has 1 N–H and O–H groups in total. The topological polar surface area (TPSA) is 12.0 Å².